The number of hydrogen-bond donors (Lipinski definition) is 2. The van der Waals surface area contributed by atoms with Crippen LogP contribution >= 0.6 is 0 Å². The van der Waals surface area contributed by atoms with Gasteiger partial charge in [-0.1, -0.05) is 48.5 Å². The van der Waals surface area contributed by atoms with Gasteiger partial charge in [0.2, 0.25) is 10.0 Å². The lowest BCUT2D eigenvalue weighted by Crippen LogP contribution is -2.35. The summed E-state index contributed by atoms with van der Waals surface area (Å²) in [5.41, 5.74) is 8.40. The number of benzene rings is 3. The number of rotatable bonds is 7. The molecule has 1 fully saturated rings. The van der Waals surface area contributed by atoms with Gasteiger partial charge in [-0.3, -0.25) is 0 Å². The summed E-state index contributed by atoms with van der Waals surface area (Å²) in [6, 6.07) is 19.9. The fraction of sp³-hybridized carbons (Fsp3) is 0.276. The van der Waals surface area contributed by atoms with E-state index in [4.69, 9.17) is 20.3 Å². The van der Waals surface area contributed by atoms with Crippen molar-refractivity contribution >= 4 is 28.0 Å². The van der Waals surface area contributed by atoms with E-state index in [0.717, 1.165) is 31.5 Å². The highest BCUT2D eigenvalue weighted by Crippen LogP contribution is 2.28. The third-order valence-electron chi connectivity index (χ3n) is 6.66. The van der Waals surface area contributed by atoms with Crippen LogP contribution in [-0.2, 0) is 21.3 Å². The van der Waals surface area contributed by atoms with Crippen LogP contribution in [0, 0.1) is 0 Å². The molecule has 1 aliphatic rings. The standard InChI is InChI=1S/C29H33N5O6S/c1-33-16-14-24(15-17-33)39-28(35)32-27(30)22-7-5-6-20(18-22)19-34(2)29(36)40-23-12-10-21(11-13-23)25-8-3-4-9-26(25)41(31,37)38/h3-13,18,24H,14-17,19H2,1-2H3,(H2,30,32,35)(H2,31,37,38). The number of aliphatic imine (C=N–C) groups is 1. The van der Waals surface area contributed by atoms with Crippen LogP contribution in [0.4, 0.5) is 9.59 Å². The van der Waals surface area contributed by atoms with Gasteiger partial charge < -0.3 is 25.0 Å². The first-order valence-corrected chi connectivity index (χ1v) is 14.5. The smallest absolute Gasteiger partial charge is 0.435 e. The van der Waals surface area contributed by atoms with Gasteiger partial charge in [0.1, 0.15) is 17.7 Å². The number of carbonyl (C=O) groups excluding carboxylic acids is 2. The summed E-state index contributed by atoms with van der Waals surface area (Å²) in [6.07, 6.45) is 0.0209. The number of likely N-dealkylation sites (tertiary alicyclic amines) is 1. The monoisotopic (exact) mass is 579 g/mol. The Labute approximate surface area is 239 Å². The Kier molecular flexibility index (Phi) is 9.38. The Bertz CT molecular complexity index is 1530. The molecule has 216 valence electrons. The topological polar surface area (TPSA) is 158 Å². The average molecular weight is 580 g/mol. The van der Waals surface area contributed by atoms with E-state index in [1.165, 1.54) is 11.0 Å². The van der Waals surface area contributed by atoms with Crippen LogP contribution in [0.15, 0.2) is 82.7 Å². The van der Waals surface area contributed by atoms with E-state index in [1.54, 1.807) is 67.7 Å². The molecule has 11 nitrogen and oxygen atoms in total. The average Bonchev–Trinajstić information content (AvgIpc) is 2.94. The second-order valence-electron chi connectivity index (χ2n) is 9.87. The van der Waals surface area contributed by atoms with Crippen molar-refractivity contribution in [2.75, 3.05) is 27.2 Å². The van der Waals surface area contributed by atoms with E-state index < -0.39 is 22.2 Å². The molecule has 0 atom stereocenters. The van der Waals surface area contributed by atoms with Crippen molar-refractivity contribution in [3.8, 4) is 16.9 Å². The highest BCUT2D eigenvalue weighted by molar-refractivity contribution is 7.89. The summed E-state index contributed by atoms with van der Waals surface area (Å²) in [6.45, 7) is 1.92. The largest absolute Gasteiger partial charge is 0.444 e. The Balaban J connectivity index is 1.35. The van der Waals surface area contributed by atoms with E-state index in [9.17, 15) is 18.0 Å². The summed E-state index contributed by atoms with van der Waals surface area (Å²) in [5.74, 6) is 0.311. The van der Waals surface area contributed by atoms with E-state index in [0.29, 0.717) is 16.7 Å². The normalized spacial score (nSPS) is 14.9. The van der Waals surface area contributed by atoms with Crippen LogP contribution in [0.2, 0.25) is 0 Å². The van der Waals surface area contributed by atoms with E-state index in [1.807, 2.05) is 13.1 Å². The van der Waals surface area contributed by atoms with Gasteiger partial charge in [-0.15, -0.1) is 0 Å². The number of piperidine rings is 1. The van der Waals surface area contributed by atoms with Gasteiger partial charge in [0.05, 0.1) is 4.90 Å². The molecule has 0 aliphatic carbocycles. The van der Waals surface area contributed by atoms with Gasteiger partial charge >= 0.3 is 12.2 Å². The summed E-state index contributed by atoms with van der Waals surface area (Å²) in [4.78, 5) is 32.4. The number of amides is 2. The van der Waals surface area contributed by atoms with Gasteiger partial charge in [0, 0.05) is 37.8 Å². The van der Waals surface area contributed by atoms with Crippen molar-refractivity contribution in [1.29, 1.82) is 0 Å². The Morgan fingerprint density at radius 2 is 1.71 bits per heavy atom. The van der Waals surface area contributed by atoms with Crippen LogP contribution in [0.5, 0.6) is 5.75 Å². The molecule has 4 N–H and O–H groups in total. The molecular formula is C29H33N5O6S. The van der Waals surface area contributed by atoms with Crippen molar-refractivity contribution in [3.05, 3.63) is 83.9 Å². The van der Waals surface area contributed by atoms with E-state index in [-0.39, 0.29) is 29.1 Å². The van der Waals surface area contributed by atoms with Crippen LogP contribution in [0.1, 0.15) is 24.0 Å². The number of sulfonamides is 1. The SMILES string of the molecule is CN1CCC(OC(=O)N=C(N)c2cccc(CN(C)C(=O)Oc3ccc(-c4ccccc4S(N)(=O)=O)cc3)c2)CC1. The summed E-state index contributed by atoms with van der Waals surface area (Å²) < 4.78 is 34.8. The molecule has 1 saturated heterocycles. The van der Waals surface area contributed by atoms with Crippen LogP contribution in [0.3, 0.4) is 0 Å². The predicted molar refractivity (Wildman–Crippen MR) is 155 cm³/mol. The quantitative estimate of drug-likeness (QED) is 0.318. The number of hydrogen-bond acceptors (Lipinski definition) is 7. The van der Waals surface area contributed by atoms with Gasteiger partial charge in [-0.05, 0) is 55.3 Å². The molecule has 12 heteroatoms. The number of carbonyl (C=O) groups is 2. The maximum absolute atomic E-state index is 12.7. The molecule has 0 unspecified atom stereocenters. The molecule has 3 aromatic carbocycles. The zero-order valence-electron chi connectivity index (χ0n) is 22.9. The third kappa shape index (κ3) is 8.13. The minimum Gasteiger partial charge on any atom is -0.444 e. The van der Waals surface area contributed by atoms with Gasteiger partial charge in [0.15, 0.2) is 0 Å². The molecule has 0 saturated carbocycles. The van der Waals surface area contributed by atoms with Crippen LogP contribution in [0.25, 0.3) is 11.1 Å². The second kappa shape index (κ2) is 12.9. The highest BCUT2D eigenvalue weighted by Gasteiger charge is 2.21. The van der Waals surface area contributed by atoms with Crippen molar-refractivity contribution < 1.29 is 27.5 Å². The van der Waals surface area contributed by atoms with E-state index in [2.05, 4.69) is 9.89 Å². The summed E-state index contributed by atoms with van der Waals surface area (Å²) in [7, 11) is -0.295. The Morgan fingerprint density at radius 1 is 1.02 bits per heavy atom. The van der Waals surface area contributed by atoms with Crippen molar-refractivity contribution in [2.24, 2.45) is 15.9 Å². The zero-order chi connectivity index (χ0) is 29.6. The number of nitrogens with zero attached hydrogens (tertiary/aromatic N) is 3. The molecule has 41 heavy (non-hydrogen) atoms. The van der Waals surface area contributed by atoms with Crippen molar-refractivity contribution in [2.45, 2.75) is 30.4 Å². The summed E-state index contributed by atoms with van der Waals surface area (Å²) in [5, 5.41) is 5.33. The molecule has 1 aliphatic heterocycles. The zero-order valence-corrected chi connectivity index (χ0v) is 23.7. The van der Waals surface area contributed by atoms with Gasteiger partial charge in [-0.25, -0.2) is 23.1 Å². The Hall–Kier alpha value is -4.26. The first-order valence-electron chi connectivity index (χ1n) is 13.0. The first-order chi connectivity index (χ1) is 19.5. The highest BCUT2D eigenvalue weighted by atomic mass is 32.2. The minimum atomic E-state index is -3.91. The molecule has 0 spiro atoms. The van der Waals surface area contributed by atoms with E-state index >= 15 is 0 Å². The molecule has 0 radical (unpaired) electrons. The lowest BCUT2D eigenvalue weighted by molar-refractivity contribution is 0.0636. The Morgan fingerprint density at radius 3 is 2.39 bits per heavy atom. The number of primary sulfonamides is 1. The maximum atomic E-state index is 12.7. The van der Waals surface area contributed by atoms with Gasteiger partial charge in [-0.2, -0.15) is 4.99 Å². The molecule has 3 aromatic rings. The number of ether oxygens (including phenoxy) is 2. The summed E-state index contributed by atoms with van der Waals surface area (Å²) >= 11 is 0. The lowest BCUT2D eigenvalue weighted by atomic mass is 10.1. The molecule has 2 amide bonds. The number of amidine groups is 1. The van der Waals surface area contributed by atoms with Crippen molar-refractivity contribution in [3.63, 3.8) is 0 Å². The lowest BCUT2D eigenvalue weighted by Gasteiger charge is -2.27. The second-order valence-corrected chi connectivity index (χ2v) is 11.4. The molecule has 1 heterocycles. The maximum Gasteiger partial charge on any atom is 0.435 e. The van der Waals surface area contributed by atoms with Gasteiger partial charge in [0.25, 0.3) is 0 Å². The predicted octanol–water partition coefficient (Wildman–Crippen LogP) is 3.57. The first kappa shape index (κ1) is 29.7. The molecule has 0 bridgehead atoms. The number of nitrogens with two attached hydrogens (primary N) is 2. The minimum absolute atomic E-state index is 0.00605. The third-order valence-corrected chi connectivity index (χ3v) is 7.63. The van der Waals surface area contributed by atoms with Crippen molar-refractivity contribution in [1.82, 2.24) is 9.80 Å². The molecular weight excluding hydrogens is 546 g/mol. The van der Waals surface area contributed by atoms with Crippen LogP contribution in [-0.4, -0.2) is 69.5 Å². The van der Waals surface area contributed by atoms with Crippen LogP contribution < -0.4 is 15.6 Å². The molecule has 4 rings (SSSR count). The fourth-order valence-corrected chi connectivity index (χ4v) is 5.20. The molecule has 0 aromatic heterocycles. The fourth-order valence-electron chi connectivity index (χ4n) is 4.44.